The van der Waals surface area contributed by atoms with Gasteiger partial charge in [-0.2, -0.15) is 0 Å². The van der Waals surface area contributed by atoms with Crippen LogP contribution in [-0.4, -0.2) is 41.2 Å². The van der Waals surface area contributed by atoms with Crippen LogP contribution >= 0.6 is 0 Å². The number of nitrogens with zero attached hydrogens (tertiary/aromatic N) is 4. The minimum atomic E-state index is 0.617. The van der Waals surface area contributed by atoms with Crippen LogP contribution in [0.25, 0.3) is 0 Å². The minimum absolute atomic E-state index is 0.617. The first-order valence-corrected chi connectivity index (χ1v) is 6.57. The van der Waals surface area contributed by atoms with Crippen LogP contribution in [0.3, 0.4) is 0 Å². The summed E-state index contributed by atoms with van der Waals surface area (Å²) < 4.78 is 1.97. The molecule has 2 rings (SSSR count). The summed E-state index contributed by atoms with van der Waals surface area (Å²) in [4.78, 5) is 2.41. The molecule has 5 nitrogen and oxygen atoms in total. The third-order valence-electron chi connectivity index (χ3n) is 3.92. The third kappa shape index (κ3) is 2.60. The van der Waals surface area contributed by atoms with Crippen LogP contribution in [-0.2, 0) is 6.54 Å². The zero-order valence-electron chi connectivity index (χ0n) is 11.1. The van der Waals surface area contributed by atoms with Crippen LogP contribution in [0.15, 0.2) is 6.20 Å². The molecule has 1 aromatic heterocycles. The molecule has 0 aromatic carbocycles. The summed E-state index contributed by atoms with van der Waals surface area (Å²) in [5.41, 5.74) is 0. The van der Waals surface area contributed by atoms with Gasteiger partial charge in [-0.15, -0.1) is 5.10 Å². The number of hydrogen-bond donors (Lipinski definition) is 1. The van der Waals surface area contributed by atoms with E-state index in [9.17, 15) is 0 Å². The molecule has 0 saturated carbocycles. The molecule has 1 fully saturated rings. The van der Waals surface area contributed by atoms with Crippen molar-refractivity contribution in [1.82, 2.24) is 20.3 Å². The average Bonchev–Trinajstić information content (AvgIpc) is 2.86. The maximum absolute atomic E-state index is 4.09. The number of hydrogen-bond acceptors (Lipinski definition) is 4. The quantitative estimate of drug-likeness (QED) is 0.852. The van der Waals surface area contributed by atoms with E-state index in [4.69, 9.17) is 0 Å². The highest BCUT2D eigenvalue weighted by molar-refractivity contribution is 5.36. The molecular weight excluding hydrogens is 214 g/mol. The molecule has 1 aromatic rings. The smallest absolute Gasteiger partial charge is 0.147 e. The van der Waals surface area contributed by atoms with Crippen molar-refractivity contribution in [2.75, 3.05) is 25.0 Å². The molecule has 1 aliphatic heterocycles. The zero-order valence-corrected chi connectivity index (χ0v) is 11.1. The molecular formula is C12H23N5. The van der Waals surface area contributed by atoms with Gasteiger partial charge in [-0.3, -0.25) is 0 Å². The Bertz CT molecular complexity index is 340. The standard InChI is InChI=1S/C12H23N5/c1-4-17-12(9-14-15-17)16-7-5-11(6-8-16)10(2)13-3/h9-11,13H,4-8H2,1-3H3. The summed E-state index contributed by atoms with van der Waals surface area (Å²) in [5, 5.41) is 11.4. The van der Waals surface area contributed by atoms with Gasteiger partial charge in [-0.25, -0.2) is 4.68 Å². The van der Waals surface area contributed by atoms with E-state index in [0.717, 1.165) is 25.6 Å². The fourth-order valence-corrected chi connectivity index (χ4v) is 2.59. The third-order valence-corrected chi connectivity index (χ3v) is 3.92. The van der Waals surface area contributed by atoms with Crippen molar-refractivity contribution < 1.29 is 0 Å². The molecule has 1 saturated heterocycles. The molecule has 1 aliphatic rings. The monoisotopic (exact) mass is 237 g/mol. The van der Waals surface area contributed by atoms with Gasteiger partial charge < -0.3 is 10.2 Å². The van der Waals surface area contributed by atoms with Gasteiger partial charge >= 0.3 is 0 Å². The molecule has 0 amide bonds. The number of rotatable bonds is 4. The predicted molar refractivity (Wildman–Crippen MR) is 69.2 cm³/mol. The summed E-state index contributed by atoms with van der Waals surface area (Å²) in [6.07, 6.45) is 4.37. The molecule has 96 valence electrons. The van der Waals surface area contributed by atoms with Crippen LogP contribution in [0.1, 0.15) is 26.7 Å². The van der Waals surface area contributed by atoms with Crippen molar-refractivity contribution in [3.8, 4) is 0 Å². The first-order valence-electron chi connectivity index (χ1n) is 6.57. The predicted octanol–water partition coefficient (Wildman–Crippen LogP) is 1.12. The zero-order chi connectivity index (χ0) is 12.3. The largest absolute Gasteiger partial charge is 0.355 e. The lowest BCUT2D eigenvalue weighted by Gasteiger charge is -2.35. The van der Waals surface area contributed by atoms with Gasteiger partial charge in [-0.1, -0.05) is 5.21 Å². The Balaban J connectivity index is 1.95. The Labute approximate surface area is 103 Å². The van der Waals surface area contributed by atoms with E-state index in [1.165, 1.54) is 18.7 Å². The van der Waals surface area contributed by atoms with Crippen LogP contribution in [0.2, 0.25) is 0 Å². The Morgan fingerprint density at radius 2 is 2.18 bits per heavy atom. The number of anilines is 1. The van der Waals surface area contributed by atoms with Gasteiger partial charge in [0.15, 0.2) is 0 Å². The fourth-order valence-electron chi connectivity index (χ4n) is 2.59. The van der Waals surface area contributed by atoms with Crippen LogP contribution in [0.4, 0.5) is 5.82 Å². The molecule has 2 heterocycles. The first-order chi connectivity index (χ1) is 8.26. The second-order valence-corrected chi connectivity index (χ2v) is 4.81. The highest BCUT2D eigenvalue weighted by Crippen LogP contribution is 2.24. The Kier molecular flexibility index (Phi) is 3.99. The van der Waals surface area contributed by atoms with Crippen LogP contribution in [0, 0.1) is 5.92 Å². The highest BCUT2D eigenvalue weighted by Gasteiger charge is 2.24. The van der Waals surface area contributed by atoms with Gasteiger partial charge in [0.25, 0.3) is 0 Å². The molecule has 1 unspecified atom stereocenters. The van der Waals surface area contributed by atoms with Crippen molar-refractivity contribution in [3.63, 3.8) is 0 Å². The van der Waals surface area contributed by atoms with E-state index >= 15 is 0 Å². The Morgan fingerprint density at radius 3 is 2.76 bits per heavy atom. The van der Waals surface area contributed by atoms with E-state index in [-0.39, 0.29) is 0 Å². The summed E-state index contributed by atoms with van der Waals surface area (Å²) in [6.45, 7) is 7.50. The van der Waals surface area contributed by atoms with E-state index < -0.39 is 0 Å². The van der Waals surface area contributed by atoms with E-state index in [0.29, 0.717) is 6.04 Å². The van der Waals surface area contributed by atoms with Crippen LogP contribution in [0.5, 0.6) is 0 Å². The molecule has 17 heavy (non-hydrogen) atoms. The lowest BCUT2D eigenvalue weighted by Crippen LogP contribution is -2.41. The van der Waals surface area contributed by atoms with E-state index in [1.54, 1.807) is 0 Å². The average molecular weight is 237 g/mol. The van der Waals surface area contributed by atoms with Crippen molar-refractivity contribution in [2.45, 2.75) is 39.3 Å². The number of aryl methyl sites for hydroxylation is 1. The van der Waals surface area contributed by atoms with Gasteiger partial charge in [0, 0.05) is 25.7 Å². The molecule has 0 bridgehead atoms. The molecule has 1 atom stereocenters. The lowest BCUT2D eigenvalue weighted by molar-refractivity contribution is 0.321. The minimum Gasteiger partial charge on any atom is -0.355 e. The Hall–Kier alpha value is -1.10. The normalized spacial score (nSPS) is 19.6. The summed E-state index contributed by atoms with van der Waals surface area (Å²) in [6, 6.07) is 0.617. The molecule has 1 N–H and O–H groups in total. The van der Waals surface area contributed by atoms with E-state index in [1.807, 2.05) is 17.9 Å². The summed E-state index contributed by atoms with van der Waals surface area (Å²) in [7, 11) is 2.05. The van der Waals surface area contributed by atoms with Gasteiger partial charge in [0.1, 0.15) is 5.82 Å². The number of nitrogens with one attached hydrogen (secondary N) is 1. The maximum atomic E-state index is 4.09. The topological polar surface area (TPSA) is 46.0 Å². The first kappa shape index (κ1) is 12.4. The number of piperidine rings is 1. The van der Waals surface area contributed by atoms with Gasteiger partial charge in [-0.05, 0) is 39.7 Å². The second kappa shape index (κ2) is 5.49. The molecule has 5 heteroatoms. The summed E-state index contributed by atoms with van der Waals surface area (Å²) in [5.74, 6) is 1.96. The second-order valence-electron chi connectivity index (χ2n) is 4.81. The molecule has 0 aliphatic carbocycles. The number of aromatic nitrogens is 3. The van der Waals surface area contributed by atoms with E-state index in [2.05, 4.69) is 34.4 Å². The van der Waals surface area contributed by atoms with Crippen molar-refractivity contribution in [3.05, 3.63) is 6.20 Å². The van der Waals surface area contributed by atoms with Crippen molar-refractivity contribution in [2.24, 2.45) is 5.92 Å². The Morgan fingerprint density at radius 1 is 1.47 bits per heavy atom. The SMILES string of the molecule is CCn1nncc1N1CCC(C(C)NC)CC1. The molecule has 0 radical (unpaired) electrons. The van der Waals surface area contributed by atoms with Gasteiger partial charge in [0.2, 0.25) is 0 Å². The molecule has 0 spiro atoms. The van der Waals surface area contributed by atoms with Crippen molar-refractivity contribution >= 4 is 5.82 Å². The maximum Gasteiger partial charge on any atom is 0.147 e. The van der Waals surface area contributed by atoms with Crippen molar-refractivity contribution in [1.29, 1.82) is 0 Å². The highest BCUT2D eigenvalue weighted by atomic mass is 15.5. The fraction of sp³-hybridized carbons (Fsp3) is 0.833. The lowest BCUT2D eigenvalue weighted by atomic mass is 9.90. The van der Waals surface area contributed by atoms with Crippen LogP contribution < -0.4 is 10.2 Å². The summed E-state index contributed by atoms with van der Waals surface area (Å²) >= 11 is 0. The van der Waals surface area contributed by atoms with Gasteiger partial charge in [0.05, 0.1) is 6.20 Å².